The van der Waals surface area contributed by atoms with Gasteiger partial charge in [-0.05, 0) is 43.6 Å². The molecule has 1 unspecified atom stereocenters. The molecular weight excluding hydrogens is 266 g/mol. The molecule has 1 rings (SSSR count). The maximum absolute atomic E-state index is 11.4. The standard InChI is InChI=1S/C17H27NO3/c1-4-7-12-21-15-10-8-14(9-11-15)13-16(17(19)20)18(5-2)6-3/h8-11,16H,4-7,12-13H2,1-3H3,(H,19,20). The van der Waals surface area contributed by atoms with Crippen LogP contribution in [0.4, 0.5) is 0 Å². The summed E-state index contributed by atoms with van der Waals surface area (Å²) in [5, 5.41) is 9.40. The largest absolute Gasteiger partial charge is 0.494 e. The monoisotopic (exact) mass is 293 g/mol. The molecular formula is C17H27NO3. The first-order valence-electron chi connectivity index (χ1n) is 7.80. The predicted octanol–water partition coefficient (Wildman–Crippen LogP) is 3.20. The predicted molar refractivity (Wildman–Crippen MR) is 84.9 cm³/mol. The number of hydrogen-bond donors (Lipinski definition) is 1. The van der Waals surface area contributed by atoms with Gasteiger partial charge in [-0.2, -0.15) is 0 Å². The van der Waals surface area contributed by atoms with E-state index in [-0.39, 0.29) is 0 Å². The second kappa shape index (κ2) is 9.40. The summed E-state index contributed by atoms with van der Waals surface area (Å²) in [6.45, 7) is 8.32. The van der Waals surface area contributed by atoms with Crippen molar-refractivity contribution in [3.8, 4) is 5.75 Å². The number of carbonyl (C=O) groups is 1. The number of carboxylic acid groups (broad SMARTS) is 1. The first-order chi connectivity index (χ1) is 10.1. The van der Waals surface area contributed by atoms with Crippen molar-refractivity contribution in [1.82, 2.24) is 4.90 Å². The van der Waals surface area contributed by atoms with Gasteiger partial charge in [-0.15, -0.1) is 0 Å². The van der Waals surface area contributed by atoms with E-state index in [9.17, 15) is 9.90 Å². The van der Waals surface area contributed by atoms with Crippen molar-refractivity contribution in [3.63, 3.8) is 0 Å². The van der Waals surface area contributed by atoms with E-state index >= 15 is 0 Å². The summed E-state index contributed by atoms with van der Waals surface area (Å²) in [6.07, 6.45) is 2.68. The summed E-state index contributed by atoms with van der Waals surface area (Å²) >= 11 is 0. The van der Waals surface area contributed by atoms with Crippen molar-refractivity contribution >= 4 is 5.97 Å². The van der Waals surface area contributed by atoms with E-state index < -0.39 is 12.0 Å². The maximum atomic E-state index is 11.4. The van der Waals surface area contributed by atoms with Gasteiger partial charge in [0.1, 0.15) is 11.8 Å². The quantitative estimate of drug-likeness (QED) is 0.673. The van der Waals surface area contributed by atoms with Crippen molar-refractivity contribution in [2.75, 3.05) is 19.7 Å². The van der Waals surface area contributed by atoms with Gasteiger partial charge in [-0.3, -0.25) is 9.69 Å². The Morgan fingerprint density at radius 2 is 1.81 bits per heavy atom. The average molecular weight is 293 g/mol. The fourth-order valence-corrected chi connectivity index (χ4v) is 2.32. The fourth-order valence-electron chi connectivity index (χ4n) is 2.32. The molecule has 0 amide bonds. The smallest absolute Gasteiger partial charge is 0.321 e. The molecule has 0 bridgehead atoms. The third-order valence-electron chi connectivity index (χ3n) is 3.66. The average Bonchev–Trinajstić information content (AvgIpc) is 2.49. The number of hydrogen-bond acceptors (Lipinski definition) is 3. The lowest BCUT2D eigenvalue weighted by Gasteiger charge is -2.26. The molecule has 0 aliphatic heterocycles. The van der Waals surface area contributed by atoms with Gasteiger partial charge in [0.15, 0.2) is 0 Å². The number of aliphatic carboxylic acids is 1. The lowest BCUT2D eigenvalue weighted by molar-refractivity contribution is -0.143. The maximum Gasteiger partial charge on any atom is 0.321 e. The Kier molecular flexibility index (Phi) is 7.83. The molecule has 1 atom stereocenters. The Morgan fingerprint density at radius 3 is 2.29 bits per heavy atom. The van der Waals surface area contributed by atoms with Gasteiger partial charge in [-0.1, -0.05) is 39.3 Å². The Labute approximate surface area is 127 Å². The second-order valence-corrected chi connectivity index (χ2v) is 5.13. The van der Waals surface area contributed by atoms with E-state index in [2.05, 4.69) is 6.92 Å². The van der Waals surface area contributed by atoms with Gasteiger partial charge >= 0.3 is 5.97 Å². The van der Waals surface area contributed by atoms with Crippen molar-refractivity contribution in [3.05, 3.63) is 29.8 Å². The highest BCUT2D eigenvalue weighted by Gasteiger charge is 2.23. The molecule has 0 fully saturated rings. The van der Waals surface area contributed by atoms with Crippen molar-refractivity contribution < 1.29 is 14.6 Å². The fraction of sp³-hybridized carbons (Fsp3) is 0.588. The van der Waals surface area contributed by atoms with E-state index in [1.54, 1.807) is 0 Å². The summed E-state index contributed by atoms with van der Waals surface area (Å²) in [7, 11) is 0. The Bertz CT molecular complexity index is 413. The Hall–Kier alpha value is -1.55. The van der Waals surface area contributed by atoms with Crippen LogP contribution in [0.15, 0.2) is 24.3 Å². The lowest BCUT2D eigenvalue weighted by atomic mass is 10.0. The molecule has 0 aliphatic carbocycles. The highest BCUT2D eigenvalue weighted by molar-refractivity contribution is 5.74. The number of nitrogens with zero attached hydrogens (tertiary/aromatic N) is 1. The number of unbranched alkanes of at least 4 members (excludes halogenated alkanes) is 1. The molecule has 4 nitrogen and oxygen atoms in total. The van der Waals surface area contributed by atoms with Crippen LogP contribution >= 0.6 is 0 Å². The molecule has 118 valence electrons. The van der Waals surface area contributed by atoms with E-state index in [0.717, 1.165) is 43.9 Å². The van der Waals surface area contributed by atoms with Gasteiger partial charge < -0.3 is 9.84 Å². The summed E-state index contributed by atoms with van der Waals surface area (Å²) in [6, 6.07) is 7.30. The van der Waals surface area contributed by atoms with E-state index in [4.69, 9.17) is 4.74 Å². The summed E-state index contributed by atoms with van der Waals surface area (Å²) in [5.74, 6) is 0.0869. The first kappa shape index (κ1) is 17.5. The molecule has 1 aromatic carbocycles. The summed E-state index contributed by atoms with van der Waals surface area (Å²) < 4.78 is 5.62. The molecule has 21 heavy (non-hydrogen) atoms. The van der Waals surface area contributed by atoms with Gasteiger partial charge in [0.05, 0.1) is 6.61 Å². The van der Waals surface area contributed by atoms with Crippen LogP contribution in [0.5, 0.6) is 5.75 Å². The zero-order chi connectivity index (χ0) is 15.7. The summed E-state index contributed by atoms with van der Waals surface area (Å²) in [4.78, 5) is 13.4. The van der Waals surface area contributed by atoms with Crippen LogP contribution in [0, 0.1) is 0 Å². The summed E-state index contributed by atoms with van der Waals surface area (Å²) in [5.41, 5.74) is 1.03. The minimum absolute atomic E-state index is 0.466. The van der Waals surface area contributed by atoms with Crippen LogP contribution in [0.25, 0.3) is 0 Å². The normalized spacial score (nSPS) is 12.4. The number of likely N-dealkylation sites (N-methyl/N-ethyl adjacent to an activating group) is 1. The Morgan fingerprint density at radius 1 is 1.19 bits per heavy atom. The Balaban J connectivity index is 2.65. The van der Waals surface area contributed by atoms with Crippen LogP contribution in [-0.4, -0.2) is 41.7 Å². The van der Waals surface area contributed by atoms with Crippen LogP contribution in [0.1, 0.15) is 39.2 Å². The van der Waals surface area contributed by atoms with Crippen molar-refractivity contribution in [2.24, 2.45) is 0 Å². The van der Waals surface area contributed by atoms with Crippen LogP contribution in [0.2, 0.25) is 0 Å². The molecule has 1 N–H and O–H groups in total. The molecule has 0 aromatic heterocycles. The molecule has 0 heterocycles. The number of rotatable bonds is 10. The molecule has 0 spiro atoms. The highest BCUT2D eigenvalue weighted by Crippen LogP contribution is 2.16. The van der Waals surface area contributed by atoms with Crippen LogP contribution in [0.3, 0.4) is 0 Å². The minimum Gasteiger partial charge on any atom is -0.494 e. The first-order valence-corrected chi connectivity index (χ1v) is 7.80. The van der Waals surface area contributed by atoms with E-state index in [0.29, 0.717) is 6.42 Å². The number of ether oxygens (including phenoxy) is 1. The van der Waals surface area contributed by atoms with Gasteiger partial charge in [0.2, 0.25) is 0 Å². The van der Waals surface area contributed by atoms with Gasteiger partial charge in [-0.25, -0.2) is 0 Å². The topological polar surface area (TPSA) is 49.8 Å². The number of benzene rings is 1. The number of carboxylic acids is 1. The molecule has 0 saturated heterocycles. The zero-order valence-electron chi connectivity index (χ0n) is 13.3. The van der Waals surface area contributed by atoms with Gasteiger partial charge in [0, 0.05) is 0 Å². The van der Waals surface area contributed by atoms with Crippen LogP contribution in [-0.2, 0) is 11.2 Å². The van der Waals surface area contributed by atoms with Crippen LogP contribution < -0.4 is 4.74 Å². The lowest BCUT2D eigenvalue weighted by Crippen LogP contribution is -2.42. The van der Waals surface area contributed by atoms with Crippen molar-refractivity contribution in [2.45, 2.75) is 46.1 Å². The molecule has 4 heteroatoms. The third kappa shape index (κ3) is 5.76. The molecule has 0 saturated carbocycles. The third-order valence-corrected chi connectivity index (χ3v) is 3.66. The SMILES string of the molecule is CCCCOc1ccc(CC(C(=O)O)N(CC)CC)cc1. The van der Waals surface area contributed by atoms with Crippen molar-refractivity contribution in [1.29, 1.82) is 0 Å². The zero-order valence-corrected chi connectivity index (χ0v) is 13.3. The molecule has 1 aromatic rings. The van der Waals surface area contributed by atoms with Gasteiger partial charge in [0.25, 0.3) is 0 Å². The molecule has 0 radical (unpaired) electrons. The second-order valence-electron chi connectivity index (χ2n) is 5.13. The minimum atomic E-state index is -0.762. The van der Waals surface area contributed by atoms with E-state index in [1.807, 2.05) is 43.0 Å². The highest BCUT2D eigenvalue weighted by atomic mass is 16.5. The van der Waals surface area contributed by atoms with E-state index in [1.165, 1.54) is 0 Å². The molecule has 0 aliphatic rings.